The maximum absolute atomic E-state index is 13.0. The van der Waals surface area contributed by atoms with E-state index < -0.39 is 0 Å². The maximum Gasteiger partial charge on any atom is 0.322 e. The van der Waals surface area contributed by atoms with Crippen LogP contribution in [0.1, 0.15) is 10.4 Å². The van der Waals surface area contributed by atoms with Gasteiger partial charge in [-0.25, -0.2) is 4.98 Å². The fourth-order valence-corrected chi connectivity index (χ4v) is 3.88. The highest BCUT2D eigenvalue weighted by atomic mass is 35.5. The van der Waals surface area contributed by atoms with Gasteiger partial charge in [-0.05, 0) is 36.4 Å². The molecule has 1 N–H and O–H groups in total. The number of carbonyl (C=O) groups is 1. The van der Waals surface area contributed by atoms with Gasteiger partial charge in [-0.1, -0.05) is 34.9 Å². The lowest BCUT2D eigenvalue weighted by Gasteiger charge is -2.08. The number of nitrogens with one attached hydrogen (secondary N) is 1. The average Bonchev–Trinajstić information content (AvgIpc) is 3.48. The molecule has 0 saturated carbocycles. The Labute approximate surface area is 173 Å². The Morgan fingerprint density at radius 3 is 2.76 bits per heavy atom. The van der Waals surface area contributed by atoms with Crippen LogP contribution in [0.2, 0.25) is 4.34 Å². The van der Waals surface area contributed by atoms with Gasteiger partial charge in [0.1, 0.15) is 0 Å². The molecule has 7 nitrogen and oxygen atoms in total. The molecule has 9 heteroatoms. The monoisotopic (exact) mass is 422 g/mol. The molecule has 0 saturated heterocycles. The van der Waals surface area contributed by atoms with E-state index in [9.17, 15) is 4.79 Å². The lowest BCUT2D eigenvalue weighted by molar-refractivity contribution is 0.102. The van der Waals surface area contributed by atoms with Crippen molar-refractivity contribution >= 4 is 45.8 Å². The SMILES string of the molecule is O=C(Nc1nnc(-c2ccco2)o1)c1cc(-c2ccc(Cl)s2)nc2ccccc12. The van der Waals surface area contributed by atoms with Crippen molar-refractivity contribution < 1.29 is 13.6 Å². The quantitative estimate of drug-likeness (QED) is 0.410. The van der Waals surface area contributed by atoms with Gasteiger partial charge in [0.2, 0.25) is 0 Å². The van der Waals surface area contributed by atoms with Crippen LogP contribution in [-0.2, 0) is 0 Å². The molecule has 0 spiro atoms. The number of hydrogen-bond donors (Lipinski definition) is 1. The Hall–Kier alpha value is -3.49. The lowest BCUT2D eigenvalue weighted by atomic mass is 10.1. The minimum Gasteiger partial charge on any atom is -0.459 e. The number of thiophene rings is 1. The predicted molar refractivity (Wildman–Crippen MR) is 110 cm³/mol. The minimum absolute atomic E-state index is 0.0250. The fraction of sp³-hybridized carbons (Fsp3) is 0. The second-order valence-corrected chi connectivity index (χ2v) is 7.73. The fourth-order valence-electron chi connectivity index (χ4n) is 2.88. The van der Waals surface area contributed by atoms with Crippen molar-refractivity contribution in [3.05, 3.63) is 70.8 Å². The van der Waals surface area contributed by atoms with Gasteiger partial charge in [-0.3, -0.25) is 10.1 Å². The van der Waals surface area contributed by atoms with Crippen LogP contribution in [0.3, 0.4) is 0 Å². The second-order valence-electron chi connectivity index (χ2n) is 6.02. The molecule has 0 fully saturated rings. The first-order valence-corrected chi connectivity index (χ1v) is 9.71. The Balaban J connectivity index is 1.52. The topological polar surface area (TPSA) is 94.1 Å². The first kappa shape index (κ1) is 17.6. The van der Waals surface area contributed by atoms with Crippen LogP contribution >= 0.6 is 22.9 Å². The zero-order chi connectivity index (χ0) is 19.8. The number of para-hydroxylation sites is 1. The highest BCUT2D eigenvalue weighted by Gasteiger charge is 2.18. The van der Waals surface area contributed by atoms with Crippen LogP contribution in [0.4, 0.5) is 6.01 Å². The van der Waals surface area contributed by atoms with Crippen molar-refractivity contribution in [1.82, 2.24) is 15.2 Å². The summed E-state index contributed by atoms with van der Waals surface area (Å²) in [5.41, 5.74) is 1.79. The predicted octanol–water partition coefficient (Wildman–Crippen LogP) is 5.51. The number of nitrogens with zero attached hydrogens (tertiary/aromatic N) is 3. The summed E-state index contributed by atoms with van der Waals surface area (Å²) in [7, 11) is 0. The molecule has 0 atom stereocenters. The Morgan fingerprint density at radius 2 is 1.97 bits per heavy atom. The number of anilines is 1. The molecule has 0 unspecified atom stereocenters. The van der Waals surface area contributed by atoms with Crippen molar-refractivity contribution in [2.45, 2.75) is 0 Å². The normalized spacial score (nSPS) is 11.1. The third-order valence-electron chi connectivity index (χ3n) is 4.16. The molecule has 1 aromatic carbocycles. The maximum atomic E-state index is 13.0. The van der Waals surface area contributed by atoms with Gasteiger partial charge in [0, 0.05) is 5.39 Å². The number of amides is 1. The van der Waals surface area contributed by atoms with E-state index in [0.717, 1.165) is 4.88 Å². The lowest BCUT2D eigenvalue weighted by Crippen LogP contribution is -2.13. The van der Waals surface area contributed by atoms with Gasteiger partial charge >= 0.3 is 6.01 Å². The van der Waals surface area contributed by atoms with E-state index in [-0.39, 0.29) is 17.8 Å². The van der Waals surface area contributed by atoms with Crippen LogP contribution in [0.15, 0.2) is 69.7 Å². The van der Waals surface area contributed by atoms with Gasteiger partial charge in [-0.2, -0.15) is 0 Å². The van der Waals surface area contributed by atoms with E-state index in [1.165, 1.54) is 17.6 Å². The van der Waals surface area contributed by atoms with E-state index in [1.54, 1.807) is 24.3 Å². The Morgan fingerprint density at radius 1 is 1.07 bits per heavy atom. The van der Waals surface area contributed by atoms with E-state index in [0.29, 0.717) is 32.3 Å². The number of pyridine rings is 1. The Bertz CT molecular complexity index is 1330. The molecule has 5 aromatic rings. The number of fused-ring (bicyclic) bond motifs is 1. The van der Waals surface area contributed by atoms with Crippen molar-refractivity contribution in [3.63, 3.8) is 0 Å². The summed E-state index contributed by atoms with van der Waals surface area (Å²) in [5, 5.41) is 11.1. The highest BCUT2D eigenvalue weighted by Crippen LogP contribution is 2.32. The summed E-state index contributed by atoms with van der Waals surface area (Å²) in [5.74, 6) is 0.213. The Kier molecular flexibility index (Phi) is 4.34. The van der Waals surface area contributed by atoms with E-state index in [4.69, 9.17) is 20.4 Å². The third kappa shape index (κ3) is 3.39. The summed E-state index contributed by atoms with van der Waals surface area (Å²) in [4.78, 5) is 18.5. The molecular formula is C20H11ClN4O3S. The highest BCUT2D eigenvalue weighted by molar-refractivity contribution is 7.19. The zero-order valence-electron chi connectivity index (χ0n) is 14.6. The summed E-state index contributed by atoms with van der Waals surface area (Å²) >= 11 is 7.45. The van der Waals surface area contributed by atoms with Crippen molar-refractivity contribution in [1.29, 1.82) is 0 Å². The number of carbonyl (C=O) groups excluding carboxylic acids is 1. The first-order valence-electron chi connectivity index (χ1n) is 8.51. The van der Waals surface area contributed by atoms with Gasteiger partial charge in [-0.15, -0.1) is 16.4 Å². The molecule has 5 rings (SSSR count). The largest absolute Gasteiger partial charge is 0.459 e. The molecule has 0 aliphatic rings. The van der Waals surface area contributed by atoms with Gasteiger partial charge in [0.05, 0.1) is 32.3 Å². The molecule has 0 aliphatic heterocycles. The number of hydrogen-bond acceptors (Lipinski definition) is 7. The van der Waals surface area contributed by atoms with E-state index in [2.05, 4.69) is 20.5 Å². The molecule has 4 aromatic heterocycles. The summed E-state index contributed by atoms with van der Waals surface area (Å²) in [6.07, 6.45) is 1.50. The standard InChI is InChI=1S/C20H11ClN4O3S/c21-17-8-7-16(29-17)14-10-12(11-4-1-2-5-13(11)22-14)18(26)23-20-25-24-19(28-20)15-6-3-9-27-15/h1-10H,(H,23,25,26). The smallest absolute Gasteiger partial charge is 0.322 e. The van der Waals surface area contributed by atoms with Gasteiger partial charge in [0.15, 0.2) is 5.76 Å². The molecular weight excluding hydrogens is 412 g/mol. The number of aromatic nitrogens is 3. The van der Waals surface area contributed by atoms with Gasteiger partial charge in [0.25, 0.3) is 11.8 Å². The van der Waals surface area contributed by atoms with Crippen LogP contribution in [0.25, 0.3) is 33.1 Å². The number of halogens is 1. The molecule has 29 heavy (non-hydrogen) atoms. The molecule has 0 radical (unpaired) electrons. The summed E-state index contributed by atoms with van der Waals surface area (Å²) in [6.45, 7) is 0. The third-order valence-corrected chi connectivity index (χ3v) is 5.42. The van der Waals surface area contributed by atoms with Crippen LogP contribution < -0.4 is 5.32 Å². The molecule has 1 amide bonds. The molecule has 4 heterocycles. The van der Waals surface area contributed by atoms with Crippen molar-refractivity contribution in [3.8, 4) is 22.2 Å². The average molecular weight is 423 g/mol. The van der Waals surface area contributed by atoms with Gasteiger partial charge < -0.3 is 8.83 Å². The molecule has 0 aliphatic carbocycles. The van der Waals surface area contributed by atoms with Crippen LogP contribution in [0.5, 0.6) is 0 Å². The van der Waals surface area contributed by atoms with E-state index >= 15 is 0 Å². The number of benzene rings is 1. The van der Waals surface area contributed by atoms with E-state index in [1.807, 2.05) is 30.3 Å². The van der Waals surface area contributed by atoms with Crippen LogP contribution in [-0.4, -0.2) is 21.1 Å². The number of rotatable bonds is 4. The minimum atomic E-state index is -0.387. The summed E-state index contributed by atoms with van der Waals surface area (Å²) < 4.78 is 11.3. The molecule has 142 valence electrons. The first-order chi connectivity index (χ1) is 14.2. The number of furan rings is 1. The van der Waals surface area contributed by atoms with Crippen molar-refractivity contribution in [2.75, 3.05) is 5.32 Å². The molecule has 0 bridgehead atoms. The summed E-state index contributed by atoms with van der Waals surface area (Å²) in [6, 6.07) is 16.2. The van der Waals surface area contributed by atoms with Crippen molar-refractivity contribution in [2.24, 2.45) is 0 Å². The van der Waals surface area contributed by atoms with Crippen LogP contribution in [0, 0.1) is 0 Å². The zero-order valence-corrected chi connectivity index (χ0v) is 16.2. The second kappa shape index (κ2) is 7.16.